The van der Waals surface area contributed by atoms with E-state index in [4.69, 9.17) is 0 Å². The minimum atomic E-state index is 0.183. The van der Waals surface area contributed by atoms with Gasteiger partial charge in [0.2, 0.25) is 5.91 Å². The van der Waals surface area contributed by atoms with Gasteiger partial charge in [0, 0.05) is 25.3 Å². The van der Waals surface area contributed by atoms with Gasteiger partial charge in [0.25, 0.3) is 0 Å². The van der Waals surface area contributed by atoms with Gasteiger partial charge >= 0.3 is 0 Å². The second-order valence-electron chi connectivity index (χ2n) is 5.90. The minimum Gasteiger partial charge on any atom is -0.356 e. The summed E-state index contributed by atoms with van der Waals surface area (Å²) in [5.41, 5.74) is 0. The normalized spacial score (nSPS) is 10.8. The van der Waals surface area contributed by atoms with Gasteiger partial charge in [0.05, 0.1) is 0 Å². The zero-order valence-electron chi connectivity index (χ0n) is 13.7. The first kappa shape index (κ1) is 19.1. The molecule has 1 N–H and O–H groups in total. The molecule has 3 heteroatoms. The molecule has 0 saturated heterocycles. The highest BCUT2D eigenvalue weighted by Crippen LogP contribution is 2.12. The summed E-state index contributed by atoms with van der Waals surface area (Å²) in [7, 11) is 0. The Balaban J connectivity index is 3.17. The molecule has 0 saturated carbocycles. The summed E-state index contributed by atoms with van der Waals surface area (Å²) in [6.07, 6.45) is 10.8. The lowest BCUT2D eigenvalue weighted by atomic mass is 10.0. The van der Waals surface area contributed by atoms with Gasteiger partial charge in [0.1, 0.15) is 5.78 Å². The van der Waals surface area contributed by atoms with Gasteiger partial charge in [-0.3, -0.25) is 9.59 Å². The standard InChI is InChI=1S/C17H33NO2/c1-4-18-17(20)14-12-10-8-6-5-7-9-11-13-16(19)15(2)3/h15H,4-14H2,1-3H3,(H,18,20). The molecule has 1 amide bonds. The zero-order chi connectivity index (χ0) is 15.2. The van der Waals surface area contributed by atoms with Gasteiger partial charge in [-0.25, -0.2) is 0 Å². The summed E-state index contributed by atoms with van der Waals surface area (Å²) in [5, 5.41) is 2.82. The Kier molecular flexibility index (Phi) is 12.6. The Morgan fingerprint density at radius 3 is 1.70 bits per heavy atom. The van der Waals surface area contributed by atoms with Crippen LogP contribution in [0.25, 0.3) is 0 Å². The van der Waals surface area contributed by atoms with Crippen molar-refractivity contribution in [3.8, 4) is 0 Å². The molecule has 0 heterocycles. The molecule has 0 aliphatic rings. The van der Waals surface area contributed by atoms with E-state index in [1.165, 1.54) is 32.1 Å². The van der Waals surface area contributed by atoms with E-state index < -0.39 is 0 Å². The van der Waals surface area contributed by atoms with E-state index in [9.17, 15) is 9.59 Å². The van der Waals surface area contributed by atoms with Gasteiger partial charge in [-0.15, -0.1) is 0 Å². The van der Waals surface area contributed by atoms with Crippen molar-refractivity contribution in [2.75, 3.05) is 6.54 Å². The van der Waals surface area contributed by atoms with Gasteiger partial charge in [-0.2, -0.15) is 0 Å². The average molecular weight is 283 g/mol. The molecule has 0 spiro atoms. The second-order valence-corrected chi connectivity index (χ2v) is 5.90. The lowest BCUT2D eigenvalue weighted by Crippen LogP contribution is -2.21. The number of hydrogen-bond donors (Lipinski definition) is 1. The van der Waals surface area contributed by atoms with E-state index >= 15 is 0 Å². The molecule has 0 aromatic heterocycles. The molecule has 3 nitrogen and oxygen atoms in total. The van der Waals surface area contributed by atoms with Crippen LogP contribution < -0.4 is 5.32 Å². The molecule has 0 unspecified atom stereocenters. The van der Waals surface area contributed by atoms with E-state index in [0.29, 0.717) is 12.2 Å². The predicted molar refractivity (Wildman–Crippen MR) is 84.7 cm³/mol. The smallest absolute Gasteiger partial charge is 0.219 e. The van der Waals surface area contributed by atoms with Crippen LogP contribution in [-0.4, -0.2) is 18.2 Å². The van der Waals surface area contributed by atoms with Crippen LogP contribution in [0.4, 0.5) is 0 Å². The molecule has 0 rings (SSSR count). The SMILES string of the molecule is CCNC(=O)CCCCCCCCCCC(=O)C(C)C. The topological polar surface area (TPSA) is 46.2 Å². The molecule has 0 aliphatic heterocycles. The zero-order valence-corrected chi connectivity index (χ0v) is 13.7. The van der Waals surface area contributed by atoms with Crippen molar-refractivity contribution in [1.29, 1.82) is 0 Å². The lowest BCUT2D eigenvalue weighted by Gasteiger charge is -2.04. The molecule has 0 aromatic carbocycles. The number of carbonyl (C=O) groups excluding carboxylic acids is 2. The molecule has 0 fully saturated rings. The summed E-state index contributed by atoms with van der Waals surface area (Å²) in [4.78, 5) is 22.6. The van der Waals surface area contributed by atoms with Crippen molar-refractivity contribution in [2.24, 2.45) is 5.92 Å². The molecule has 0 atom stereocenters. The van der Waals surface area contributed by atoms with Crippen molar-refractivity contribution < 1.29 is 9.59 Å². The Morgan fingerprint density at radius 2 is 1.25 bits per heavy atom. The van der Waals surface area contributed by atoms with Crippen molar-refractivity contribution in [3.63, 3.8) is 0 Å². The fraction of sp³-hybridized carbons (Fsp3) is 0.882. The summed E-state index contributed by atoms with van der Waals surface area (Å²) >= 11 is 0. The molecule has 118 valence electrons. The molecule has 0 radical (unpaired) electrons. The van der Waals surface area contributed by atoms with E-state index in [-0.39, 0.29) is 11.8 Å². The van der Waals surface area contributed by atoms with Crippen molar-refractivity contribution in [2.45, 2.75) is 85.0 Å². The molecular formula is C17H33NO2. The van der Waals surface area contributed by atoms with Gasteiger partial charge < -0.3 is 5.32 Å². The number of nitrogens with one attached hydrogen (secondary N) is 1. The van der Waals surface area contributed by atoms with Crippen LogP contribution >= 0.6 is 0 Å². The largest absolute Gasteiger partial charge is 0.356 e. The van der Waals surface area contributed by atoms with Crippen LogP contribution in [0.3, 0.4) is 0 Å². The molecular weight excluding hydrogens is 250 g/mol. The van der Waals surface area contributed by atoms with Crippen LogP contribution in [0.1, 0.15) is 85.0 Å². The molecule has 0 aromatic rings. The van der Waals surface area contributed by atoms with E-state index in [1.807, 2.05) is 20.8 Å². The number of hydrogen-bond acceptors (Lipinski definition) is 2. The predicted octanol–water partition coefficient (Wildman–Crippen LogP) is 4.25. The number of Topliss-reactive ketones (excluding diaryl/α,β-unsaturated/α-hetero) is 1. The quantitative estimate of drug-likeness (QED) is 0.514. The van der Waals surface area contributed by atoms with Gasteiger partial charge in [0.15, 0.2) is 0 Å². The Hall–Kier alpha value is -0.860. The number of unbranched alkanes of at least 4 members (excludes halogenated alkanes) is 7. The lowest BCUT2D eigenvalue weighted by molar-refractivity contribution is -0.122. The Labute approximate surface area is 124 Å². The number of amides is 1. The highest BCUT2D eigenvalue weighted by Gasteiger charge is 2.05. The van der Waals surface area contributed by atoms with Crippen molar-refractivity contribution >= 4 is 11.7 Å². The van der Waals surface area contributed by atoms with E-state index in [0.717, 1.165) is 32.2 Å². The summed E-state index contributed by atoms with van der Waals surface area (Å²) < 4.78 is 0. The van der Waals surface area contributed by atoms with Crippen molar-refractivity contribution in [3.05, 3.63) is 0 Å². The summed E-state index contributed by atoms with van der Waals surface area (Å²) in [6, 6.07) is 0. The summed E-state index contributed by atoms with van der Waals surface area (Å²) in [5.74, 6) is 0.776. The maximum Gasteiger partial charge on any atom is 0.219 e. The third-order valence-electron chi connectivity index (χ3n) is 3.59. The maximum absolute atomic E-state index is 11.4. The van der Waals surface area contributed by atoms with Crippen LogP contribution in [-0.2, 0) is 9.59 Å². The number of rotatable bonds is 13. The monoisotopic (exact) mass is 283 g/mol. The van der Waals surface area contributed by atoms with Crippen molar-refractivity contribution in [1.82, 2.24) is 5.32 Å². The third kappa shape index (κ3) is 12.2. The maximum atomic E-state index is 11.4. The Morgan fingerprint density at radius 1 is 0.800 bits per heavy atom. The van der Waals surface area contributed by atoms with Gasteiger partial charge in [-0.05, 0) is 19.8 Å². The second kappa shape index (κ2) is 13.1. The van der Waals surface area contributed by atoms with Gasteiger partial charge in [-0.1, -0.05) is 52.4 Å². The summed E-state index contributed by atoms with van der Waals surface area (Å²) in [6.45, 7) is 6.64. The fourth-order valence-electron chi connectivity index (χ4n) is 2.22. The van der Waals surface area contributed by atoms with Crippen LogP contribution in [0, 0.1) is 5.92 Å². The fourth-order valence-corrected chi connectivity index (χ4v) is 2.22. The third-order valence-corrected chi connectivity index (χ3v) is 3.59. The Bertz CT molecular complexity index is 262. The van der Waals surface area contributed by atoms with Crippen LogP contribution in [0.2, 0.25) is 0 Å². The first-order valence-electron chi connectivity index (χ1n) is 8.37. The van der Waals surface area contributed by atoms with Crippen LogP contribution in [0.15, 0.2) is 0 Å². The highest BCUT2D eigenvalue weighted by atomic mass is 16.1. The first-order valence-corrected chi connectivity index (χ1v) is 8.37. The molecule has 0 aliphatic carbocycles. The number of carbonyl (C=O) groups is 2. The molecule has 20 heavy (non-hydrogen) atoms. The number of ketones is 1. The first-order chi connectivity index (χ1) is 9.57. The van der Waals surface area contributed by atoms with Crippen LogP contribution in [0.5, 0.6) is 0 Å². The van der Waals surface area contributed by atoms with E-state index in [1.54, 1.807) is 0 Å². The average Bonchev–Trinajstić information content (AvgIpc) is 2.40. The molecule has 0 bridgehead atoms. The minimum absolute atomic E-state index is 0.183. The van der Waals surface area contributed by atoms with E-state index in [2.05, 4.69) is 5.32 Å². The highest BCUT2D eigenvalue weighted by molar-refractivity contribution is 5.80.